The van der Waals surface area contributed by atoms with Crippen molar-refractivity contribution in [2.75, 3.05) is 11.9 Å². The van der Waals surface area contributed by atoms with Gasteiger partial charge in [-0.3, -0.25) is 9.55 Å². The largest absolute Gasteiger partial charge is 0.355 e. The standard InChI is InChI=1S/C17H20N4/c1-3-4-9-19-17-20-13(2)12-21(17)16-7-5-6-14-8-10-18-11-15(14)16/h5-8,10-12H,3-4,9H2,1-2H3,(H,19,20). The molecule has 3 aromatic rings. The number of fused-ring (bicyclic) bond motifs is 1. The molecule has 0 saturated heterocycles. The number of hydrogen-bond donors (Lipinski definition) is 1. The average Bonchev–Trinajstić information content (AvgIpc) is 2.88. The van der Waals surface area contributed by atoms with Gasteiger partial charge >= 0.3 is 0 Å². The predicted molar refractivity (Wildman–Crippen MR) is 87.0 cm³/mol. The molecule has 3 rings (SSSR count). The summed E-state index contributed by atoms with van der Waals surface area (Å²) >= 11 is 0. The molecule has 0 unspecified atom stereocenters. The van der Waals surface area contributed by atoms with Gasteiger partial charge in [0.1, 0.15) is 0 Å². The number of nitrogens with one attached hydrogen (secondary N) is 1. The number of nitrogens with zero attached hydrogens (tertiary/aromatic N) is 3. The minimum absolute atomic E-state index is 0.900. The Kier molecular flexibility index (Phi) is 3.86. The first-order chi connectivity index (χ1) is 10.3. The van der Waals surface area contributed by atoms with Crippen LogP contribution in [0.2, 0.25) is 0 Å². The number of benzene rings is 1. The molecular formula is C17H20N4. The summed E-state index contributed by atoms with van der Waals surface area (Å²) in [5.74, 6) is 0.900. The minimum atomic E-state index is 0.900. The second kappa shape index (κ2) is 5.95. The Morgan fingerprint density at radius 3 is 3.00 bits per heavy atom. The maximum atomic E-state index is 4.60. The first kappa shape index (κ1) is 13.6. The molecule has 2 heterocycles. The fraction of sp³-hybridized carbons (Fsp3) is 0.294. The lowest BCUT2D eigenvalue weighted by Gasteiger charge is -2.11. The molecule has 4 nitrogen and oxygen atoms in total. The smallest absolute Gasteiger partial charge is 0.207 e. The molecule has 0 aliphatic rings. The van der Waals surface area contributed by atoms with Crippen LogP contribution < -0.4 is 5.32 Å². The van der Waals surface area contributed by atoms with Crippen LogP contribution in [0.4, 0.5) is 5.95 Å². The zero-order valence-electron chi connectivity index (χ0n) is 12.5. The van der Waals surface area contributed by atoms with E-state index in [4.69, 9.17) is 0 Å². The molecule has 0 spiro atoms. The number of unbranched alkanes of at least 4 members (excludes halogenated alkanes) is 1. The highest BCUT2D eigenvalue weighted by atomic mass is 15.2. The highest BCUT2D eigenvalue weighted by Gasteiger charge is 2.09. The lowest BCUT2D eigenvalue weighted by molar-refractivity contribution is 0.823. The molecule has 4 heteroatoms. The third-order valence-electron chi connectivity index (χ3n) is 3.56. The summed E-state index contributed by atoms with van der Waals surface area (Å²) in [5.41, 5.74) is 2.12. The third-order valence-corrected chi connectivity index (χ3v) is 3.56. The molecule has 1 aromatic carbocycles. The summed E-state index contributed by atoms with van der Waals surface area (Å²) in [6, 6.07) is 8.32. The van der Waals surface area contributed by atoms with Crippen LogP contribution >= 0.6 is 0 Å². The van der Waals surface area contributed by atoms with E-state index in [1.165, 1.54) is 11.8 Å². The Bertz CT molecular complexity index is 740. The molecule has 0 bridgehead atoms. The normalized spacial score (nSPS) is 11.0. The van der Waals surface area contributed by atoms with Gasteiger partial charge < -0.3 is 5.32 Å². The minimum Gasteiger partial charge on any atom is -0.355 e. The second-order valence-corrected chi connectivity index (χ2v) is 5.23. The van der Waals surface area contributed by atoms with Gasteiger partial charge in [-0.25, -0.2) is 4.98 Å². The predicted octanol–water partition coefficient (Wildman–Crippen LogP) is 3.94. The van der Waals surface area contributed by atoms with Gasteiger partial charge in [0.15, 0.2) is 0 Å². The summed E-state index contributed by atoms with van der Waals surface area (Å²) in [4.78, 5) is 8.85. The molecule has 0 atom stereocenters. The van der Waals surface area contributed by atoms with Crippen LogP contribution in [0.5, 0.6) is 0 Å². The van der Waals surface area contributed by atoms with E-state index < -0.39 is 0 Å². The van der Waals surface area contributed by atoms with Crippen LogP contribution in [-0.4, -0.2) is 21.1 Å². The monoisotopic (exact) mass is 280 g/mol. The van der Waals surface area contributed by atoms with Crippen molar-refractivity contribution in [3.63, 3.8) is 0 Å². The van der Waals surface area contributed by atoms with E-state index in [1.807, 2.05) is 25.4 Å². The Balaban J connectivity index is 2.06. The fourth-order valence-electron chi connectivity index (χ4n) is 2.49. The molecule has 0 fully saturated rings. The lowest BCUT2D eigenvalue weighted by atomic mass is 10.1. The van der Waals surface area contributed by atoms with E-state index in [-0.39, 0.29) is 0 Å². The van der Waals surface area contributed by atoms with E-state index in [2.05, 4.69) is 51.2 Å². The Morgan fingerprint density at radius 2 is 2.14 bits per heavy atom. The van der Waals surface area contributed by atoms with Crippen LogP contribution in [-0.2, 0) is 0 Å². The third kappa shape index (κ3) is 2.75. The molecule has 1 N–H and O–H groups in total. The quantitative estimate of drug-likeness (QED) is 0.720. The van der Waals surface area contributed by atoms with Gasteiger partial charge in [-0.05, 0) is 30.9 Å². The molecule has 108 valence electrons. The first-order valence-electron chi connectivity index (χ1n) is 7.42. The van der Waals surface area contributed by atoms with E-state index >= 15 is 0 Å². The zero-order chi connectivity index (χ0) is 14.7. The van der Waals surface area contributed by atoms with Crippen molar-refractivity contribution in [2.24, 2.45) is 0 Å². The number of aryl methyl sites for hydroxylation is 1. The highest BCUT2D eigenvalue weighted by molar-refractivity contribution is 5.89. The molecule has 0 saturated carbocycles. The Hall–Kier alpha value is -2.36. The lowest BCUT2D eigenvalue weighted by Crippen LogP contribution is -2.07. The highest BCUT2D eigenvalue weighted by Crippen LogP contribution is 2.24. The van der Waals surface area contributed by atoms with Gasteiger partial charge in [-0.2, -0.15) is 0 Å². The second-order valence-electron chi connectivity index (χ2n) is 5.23. The van der Waals surface area contributed by atoms with Gasteiger partial charge in [0.25, 0.3) is 0 Å². The van der Waals surface area contributed by atoms with E-state index in [9.17, 15) is 0 Å². The first-order valence-corrected chi connectivity index (χ1v) is 7.42. The van der Waals surface area contributed by atoms with Crippen molar-refractivity contribution in [1.82, 2.24) is 14.5 Å². The summed E-state index contributed by atoms with van der Waals surface area (Å²) < 4.78 is 2.12. The Morgan fingerprint density at radius 1 is 1.24 bits per heavy atom. The number of imidazole rings is 1. The van der Waals surface area contributed by atoms with Crippen molar-refractivity contribution in [2.45, 2.75) is 26.7 Å². The maximum Gasteiger partial charge on any atom is 0.207 e. The average molecular weight is 280 g/mol. The summed E-state index contributed by atoms with van der Waals surface area (Å²) in [6.07, 6.45) is 8.12. The van der Waals surface area contributed by atoms with E-state index in [0.717, 1.165) is 35.7 Å². The van der Waals surface area contributed by atoms with Crippen molar-refractivity contribution in [3.05, 3.63) is 48.5 Å². The van der Waals surface area contributed by atoms with Crippen LogP contribution in [0, 0.1) is 6.92 Å². The molecule has 0 aliphatic carbocycles. The SMILES string of the molecule is CCCCNc1nc(C)cn1-c1cccc2ccncc12. The molecule has 21 heavy (non-hydrogen) atoms. The van der Waals surface area contributed by atoms with Crippen LogP contribution in [0.3, 0.4) is 0 Å². The van der Waals surface area contributed by atoms with E-state index in [1.54, 1.807) is 0 Å². The van der Waals surface area contributed by atoms with Gasteiger partial charge in [-0.15, -0.1) is 0 Å². The number of aromatic nitrogens is 3. The van der Waals surface area contributed by atoms with Gasteiger partial charge in [0, 0.05) is 30.5 Å². The van der Waals surface area contributed by atoms with Crippen molar-refractivity contribution < 1.29 is 0 Å². The van der Waals surface area contributed by atoms with Gasteiger partial charge in [-0.1, -0.05) is 25.5 Å². The molecule has 2 aromatic heterocycles. The summed E-state index contributed by atoms with van der Waals surface area (Å²) in [7, 11) is 0. The molecule has 0 aliphatic heterocycles. The zero-order valence-corrected chi connectivity index (χ0v) is 12.5. The fourth-order valence-corrected chi connectivity index (χ4v) is 2.49. The number of hydrogen-bond acceptors (Lipinski definition) is 3. The van der Waals surface area contributed by atoms with Gasteiger partial charge in [0.05, 0.1) is 11.4 Å². The topological polar surface area (TPSA) is 42.7 Å². The van der Waals surface area contributed by atoms with Crippen molar-refractivity contribution >= 4 is 16.7 Å². The molecule has 0 amide bonds. The van der Waals surface area contributed by atoms with Crippen LogP contribution in [0.1, 0.15) is 25.5 Å². The van der Waals surface area contributed by atoms with Crippen LogP contribution in [0.15, 0.2) is 42.9 Å². The Labute approximate surface area is 124 Å². The summed E-state index contributed by atoms with van der Waals surface area (Å²) in [5, 5.41) is 5.75. The van der Waals surface area contributed by atoms with E-state index in [0.29, 0.717) is 0 Å². The maximum absolute atomic E-state index is 4.60. The van der Waals surface area contributed by atoms with Crippen molar-refractivity contribution in [3.8, 4) is 5.69 Å². The van der Waals surface area contributed by atoms with Crippen molar-refractivity contribution in [1.29, 1.82) is 0 Å². The number of pyridine rings is 1. The number of rotatable bonds is 5. The molecule has 0 radical (unpaired) electrons. The van der Waals surface area contributed by atoms with Crippen LogP contribution in [0.25, 0.3) is 16.5 Å². The molecular weight excluding hydrogens is 260 g/mol. The van der Waals surface area contributed by atoms with Gasteiger partial charge in [0.2, 0.25) is 5.95 Å². The summed E-state index contributed by atoms with van der Waals surface area (Å²) in [6.45, 7) is 5.15. The number of anilines is 1.